The Morgan fingerprint density at radius 2 is 2.30 bits per heavy atom. The zero-order chi connectivity index (χ0) is 16.6. The summed E-state index contributed by atoms with van der Waals surface area (Å²) in [6.07, 6.45) is 2.26. The van der Waals surface area contributed by atoms with Gasteiger partial charge in [-0.1, -0.05) is 6.92 Å². The number of furan rings is 1. The molecule has 2 aromatic heterocycles. The Hall–Kier alpha value is -1.45. The van der Waals surface area contributed by atoms with Crippen LogP contribution in [0.5, 0.6) is 0 Å². The van der Waals surface area contributed by atoms with Crippen LogP contribution in [0, 0.1) is 4.77 Å². The van der Waals surface area contributed by atoms with Gasteiger partial charge in [0.15, 0.2) is 26.2 Å². The molecule has 3 heterocycles. The van der Waals surface area contributed by atoms with Gasteiger partial charge in [0.25, 0.3) is 0 Å². The molecule has 0 saturated carbocycles. The fraction of sp³-hybridized carbons (Fsp3) is 0.571. The molecule has 3 rings (SSSR count). The quantitative estimate of drug-likeness (QED) is 0.759. The van der Waals surface area contributed by atoms with E-state index in [-0.39, 0.29) is 17.5 Å². The summed E-state index contributed by atoms with van der Waals surface area (Å²) >= 11 is 5.45. The highest BCUT2D eigenvalue weighted by Crippen LogP contribution is 2.20. The zero-order valence-corrected chi connectivity index (χ0v) is 14.8. The summed E-state index contributed by atoms with van der Waals surface area (Å²) in [5.41, 5.74) is 0. The van der Waals surface area contributed by atoms with Crippen molar-refractivity contribution in [3.8, 4) is 11.6 Å². The average Bonchev–Trinajstić information content (AvgIpc) is 3.20. The Balaban J connectivity index is 1.85. The van der Waals surface area contributed by atoms with Crippen LogP contribution in [-0.4, -0.2) is 51.8 Å². The van der Waals surface area contributed by atoms with Crippen molar-refractivity contribution in [2.75, 3.05) is 18.1 Å². The van der Waals surface area contributed by atoms with Gasteiger partial charge in [0.05, 0.1) is 24.4 Å². The fourth-order valence-electron chi connectivity index (χ4n) is 2.91. The number of sulfone groups is 1. The number of hydrogen-bond donors (Lipinski definition) is 0. The van der Waals surface area contributed by atoms with Crippen LogP contribution < -0.4 is 0 Å². The van der Waals surface area contributed by atoms with Crippen molar-refractivity contribution >= 4 is 22.1 Å². The lowest BCUT2D eigenvalue weighted by Crippen LogP contribution is -2.37. The SMILES string of the molecule is CCN(Cn1nc(-c2ccco2)n(C)c1=S)C1CCS(=O)(=O)C1. The highest BCUT2D eigenvalue weighted by atomic mass is 32.2. The summed E-state index contributed by atoms with van der Waals surface area (Å²) in [5, 5.41) is 4.54. The normalized spacial score (nSPS) is 20.4. The van der Waals surface area contributed by atoms with Crippen LogP contribution in [0.1, 0.15) is 13.3 Å². The molecular formula is C14H20N4O3S2. The minimum Gasteiger partial charge on any atom is -0.461 e. The highest BCUT2D eigenvalue weighted by Gasteiger charge is 2.32. The Morgan fingerprint density at radius 1 is 1.52 bits per heavy atom. The molecule has 0 radical (unpaired) electrons. The van der Waals surface area contributed by atoms with Gasteiger partial charge in [0, 0.05) is 13.1 Å². The van der Waals surface area contributed by atoms with Crippen molar-refractivity contribution in [3.63, 3.8) is 0 Å². The van der Waals surface area contributed by atoms with Crippen molar-refractivity contribution in [2.24, 2.45) is 7.05 Å². The molecule has 1 unspecified atom stereocenters. The van der Waals surface area contributed by atoms with Gasteiger partial charge >= 0.3 is 0 Å². The maximum Gasteiger partial charge on any atom is 0.199 e. The van der Waals surface area contributed by atoms with Gasteiger partial charge in [0.1, 0.15) is 0 Å². The minimum absolute atomic E-state index is 0.0287. The monoisotopic (exact) mass is 356 g/mol. The predicted molar refractivity (Wildman–Crippen MR) is 89.2 cm³/mol. The van der Waals surface area contributed by atoms with Crippen molar-refractivity contribution < 1.29 is 12.8 Å². The molecule has 0 bridgehead atoms. The minimum atomic E-state index is -2.91. The molecule has 0 spiro atoms. The lowest BCUT2D eigenvalue weighted by molar-refractivity contribution is 0.164. The van der Waals surface area contributed by atoms with E-state index in [4.69, 9.17) is 16.6 Å². The first kappa shape index (κ1) is 16.4. The molecule has 1 aliphatic heterocycles. The summed E-state index contributed by atoms with van der Waals surface area (Å²) in [4.78, 5) is 2.11. The first-order valence-corrected chi connectivity index (χ1v) is 9.76. The van der Waals surface area contributed by atoms with Gasteiger partial charge < -0.3 is 8.98 Å². The third kappa shape index (κ3) is 3.26. The standard InChI is InChI=1S/C14H20N4O3S2/c1-3-17(11-6-8-23(19,20)9-11)10-18-14(22)16(2)13(15-18)12-5-4-7-21-12/h4-5,7,11H,3,6,8-10H2,1-2H3. The van der Waals surface area contributed by atoms with E-state index in [1.54, 1.807) is 21.6 Å². The van der Waals surface area contributed by atoms with Gasteiger partial charge in [-0.25, -0.2) is 13.1 Å². The maximum absolute atomic E-state index is 11.7. The molecule has 2 aromatic rings. The van der Waals surface area contributed by atoms with Gasteiger partial charge in [-0.15, -0.1) is 5.10 Å². The Kier molecular flexibility index (Phi) is 4.43. The topological polar surface area (TPSA) is 73.3 Å². The van der Waals surface area contributed by atoms with E-state index in [2.05, 4.69) is 10.00 Å². The van der Waals surface area contributed by atoms with Gasteiger partial charge in [-0.2, -0.15) is 0 Å². The summed E-state index contributed by atoms with van der Waals surface area (Å²) in [5.74, 6) is 1.80. The number of nitrogens with zero attached hydrogens (tertiary/aromatic N) is 4. The van der Waals surface area contributed by atoms with Gasteiger partial charge in [0.2, 0.25) is 0 Å². The summed E-state index contributed by atoms with van der Waals surface area (Å²) in [6, 6.07) is 3.67. The molecule has 1 saturated heterocycles. The number of aromatic nitrogens is 3. The molecule has 9 heteroatoms. The molecule has 7 nitrogen and oxygen atoms in total. The van der Waals surface area contributed by atoms with E-state index < -0.39 is 9.84 Å². The van der Waals surface area contributed by atoms with Crippen LogP contribution in [0.2, 0.25) is 0 Å². The van der Waals surface area contributed by atoms with Crippen LogP contribution in [0.4, 0.5) is 0 Å². The Bertz CT molecular complexity index is 836. The summed E-state index contributed by atoms with van der Waals surface area (Å²) in [6.45, 7) is 3.24. The van der Waals surface area contributed by atoms with Crippen LogP contribution >= 0.6 is 12.2 Å². The second-order valence-corrected chi connectivity index (χ2v) is 8.34. The van der Waals surface area contributed by atoms with Crippen LogP contribution in [0.3, 0.4) is 0 Å². The average molecular weight is 356 g/mol. The first-order valence-electron chi connectivity index (χ1n) is 7.53. The van der Waals surface area contributed by atoms with Crippen molar-refractivity contribution in [1.29, 1.82) is 0 Å². The highest BCUT2D eigenvalue weighted by molar-refractivity contribution is 7.91. The molecular weight excluding hydrogens is 336 g/mol. The summed E-state index contributed by atoms with van der Waals surface area (Å²) in [7, 11) is -1.06. The molecule has 1 fully saturated rings. The van der Waals surface area contributed by atoms with E-state index in [9.17, 15) is 8.42 Å². The fourth-order valence-corrected chi connectivity index (χ4v) is 4.86. The molecule has 1 aliphatic rings. The van der Waals surface area contributed by atoms with Crippen molar-refractivity contribution in [1.82, 2.24) is 19.2 Å². The predicted octanol–water partition coefficient (Wildman–Crippen LogP) is 1.68. The van der Waals surface area contributed by atoms with E-state index >= 15 is 0 Å². The van der Waals surface area contributed by atoms with Gasteiger partial charge in [-0.05, 0) is 37.3 Å². The van der Waals surface area contributed by atoms with Crippen molar-refractivity contribution in [2.45, 2.75) is 26.1 Å². The lowest BCUT2D eigenvalue weighted by Gasteiger charge is -2.25. The first-order chi connectivity index (χ1) is 10.9. The Morgan fingerprint density at radius 3 is 2.87 bits per heavy atom. The molecule has 1 atom stereocenters. The number of rotatable bonds is 5. The maximum atomic E-state index is 11.7. The second-order valence-electron chi connectivity index (χ2n) is 5.75. The zero-order valence-electron chi connectivity index (χ0n) is 13.2. The smallest absolute Gasteiger partial charge is 0.199 e. The van der Waals surface area contributed by atoms with Gasteiger partial charge in [-0.3, -0.25) is 4.90 Å². The lowest BCUT2D eigenvalue weighted by atomic mass is 10.2. The van der Waals surface area contributed by atoms with E-state index in [0.29, 0.717) is 29.4 Å². The van der Waals surface area contributed by atoms with Crippen LogP contribution in [0.25, 0.3) is 11.6 Å². The summed E-state index contributed by atoms with van der Waals surface area (Å²) < 4.78 is 32.9. The van der Waals surface area contributed by atoms with E-state index in [0.717, 1.165) is 6.54 Å². The third-order valence-corrected chi connectivity index (χ3v) is 6.46. The van der Waals surface area contributed by atoms with Crippen LogP contribution in [-0.2, 0) is 23.6 Å². The van der Waals surface area contributed by atoms with E-state index in [1.807, 2.05) is 20.0 Å². The van der Waals surface area contributed by atoms with E-state index in [1.165, 1.54) is 0 Å². The molecule has 0 aromatic carbocycles. The second kappa shape index (κ2) is 6.21. The Labute approximate surface area is 140 Å². The molecule has 0 amide bonds. The third-order valence-electron chi connectivity index (χ3n) is 4.23. The molecule has 126 valence electrons. The molecule has 23 heavy (non-hydrogen) atoms. The van der Waals surface area contributed by atoms with Crippen LogP contribution in [0.15, 0.2) is 22.8 Å². The molecule has 0 aliphatic carbocycles. The van der Waals surface area contributed by atoms with Crippen molar-refractivity contribution in [3.05, 3.63) is 23.2 Å². The molecule has 0 N–H and O–H groups in total. The number of hydrogen-bond acceptors (Lipinski definition) is 6. The largest absolute Gasteiger partial charge is 0.461 e.